The molecule has 1 aromatic rings. The predicted molar refractivity (Wildman–Crippen MR) is 71.7 cm³/mol. The van der Waals surface area contributed by atoms with E-state index in [0.29, 0.717) is 5.92 Å². The first-order valence-electron chi connectivity index (χ1n) is 6.88. The van der Waals surface area contributed by atoms with E-state index in [2.05, 4.69) is 13.8 Å². The van der Waals surface area contributed by atoms with Crippen LogP contribution in [0.2, 0.25) is 0 Å². The maximum Gasteiger partial charge on any atom is 0.126 e. The number of benzene rings is 1. The van der Waals surface area contributed by atoms with Crippen LogP contribution in [0.5, 0.6) is 11.5 Å². The van der Waals surface area contributed by atoms with Crippen LogP contribution in [0.1, 0.15) is 41.5 Å². The van der Waals surface area contributed by atoms with Crippen LogP contribution in [0.4, 0.5) is 0 Å². The van der Waals surface area contributed by atoms with E-state index < -0.39 is 0 Å². The summed E-state index contributed by atoms with van der Waals surface area (Å²) in [5.74, 6) is 2.72. The van der Waals surface area contributed by atoms with Gasteiger partial charge in [-0.2, -0.15) is 0 Å². The molecule has 2 heterocycles. The Balaban J connectivity index is 2.18. The van der Waals surface area contributed by atoms with Crippen LogP contribution in [0.3, 0.4) is 0 Å². The topological polar surface area (TPSA) is 44.5 Å². The van der Waals surface area contributed by atoms with Gasteiger partial charge in [-0.05, 0) is 31.4 Å². The zero-order valence-corrected chi connectivity index (χ0v) is 11.2. The number of nitrogens with two attached hydrogens (primary N) is 1. The third kappa shape index (κ3) is 1.61. The van der Waals surface area contributed by atoms with E-state index >= 15 is 0 Å². The van der Waals surface area contributed by atoms with Crippen LogP contribution >= 0.6 is 0 Å². The van der Waals surface area contributed by atoms with E-state index in [1.165, 1.54) is 22.3 Å². The molecule has 0 saturated carbocycles. The highest BCUT2D eigenvalue weighted by molar-refractivity contribution is 5.62. The molecule has 0 fully saturated rings. The lowest BCUT2D eigenvalue weighted by Crippen LogP contribution is -2.08. The van der Waals surface area contributed by atoms with E-state index in [4.69, 9.17) is 15.2 Å². The monoisotopic (exact) mass is 247 g/mol. The maximum atomic E-state index is 5.91. The number of hydrogen-bond acceptors (Lipinski definition) is 3. The Hall–Kier alpha value is -1.22. The fraction of sp³-hybridized carbons (Fsp3) is 0.600. The van der Waals surface area contributed by atoms with Crippen LogP contribution in [-0.4, -0.2) is 19.8 Å². The zero-order chi connectivity index (χ0) is 12.7. The molecule has 2 aliphatic rings. The molecule has 0 aromatic heterocycles. The minimum Gasteiger partial charge on any atom is -0.493 e. The van der Waals surface area contributed by atoms with E-state index in [0.717, 1.165) is 50.5 Å². The quantitative estimate of drug-likeness (QED) is 0.891. The normalized spacial score (nSPS) is 17.9. The van der Waals surface area contributed by atoms with Crippen molar-refractivity contribution in [3.8, 4) is 11.5 Å². The molecule has 0 spiro atoms. The fourth-order valence-corrected chi connectivity index (χ4v) is 3.29. The highest BCUT2D eigenvalue weighted by atomic mass is 16.5. The first-order chi connectivity index (χ1) is 8.74. The highest BCUT2D eigenvalue weighted by Crippen LogP contribution is 2.47. The number of rotatable bonds is 3. The lowest BCUT2D eigenvalue weighted by atomic mass is 9.87. The van der Waals surface area contributed by atoms with Gasteiger partial charge in [-0.3, -0.25) is 0 Å². The Morgan fingerprint density at radius 2 is 1.78 bits per heavy atom. The minimum absolute atomic E-state index is 0.456. The van der Waals surface area contributed by atoms with Gasteiger partial charge in [0.25, 0.3) is 0 Å². The van der Waals surface area contributed by atoms with Gasteiger partial charge < -0.3 is 15.2 Å². The van der Waals surface area contributed by atoms with E-state index in [1.54, 1.807) is 0 Å². The summed E-state index contributed by atoms with van der Waals surface area (Å²) in [6.45, 7) is 6.75. The maximum absolute atomic E-state index is 5.91. The molecule has 0 amide bonds. The molecule has 3 nitrogen and oxygen atoms in total. The smallest absolute Gasteiger partial charge is 0.126 e. The molecule has 98 valence electrons. The molecule has 3 rings (SSSR count). The lowest BCUT2D eigenvalue weighted by Gasteiger charge is -2.20. The van der Waals surface area contributed by atoms with E-state index in [1.807, 2.05) is 0 Å². The van der Waals surface area contributed by atoms with Crippen molar-refractivity contribution in [2.75, 3.05) is 19.8 Å². The van der Waals surface area contributed by atoms with E-state index in [-0.39, 0.29) is 0 Å². The Kier molecular flexibility index (Phi) is 2.94. The fourth-order valence-electron chi connectivity index (χ4n) is 3.29. The molecule has 18 heavy (non-hydrogen) atoms. The van der Waals surface area contributed by atoms with Gasteiger partial charge in [0, 0.05) is 29.5 Å². The van der Waals surface area contributed by atoms with Gasteiger partial charge in [0.2, 0.25) is 0 Å². The summed E-state index contributed by atoms with van der Waals surface area (Å²) in [5.41, 5.74) is 11.1. The molecular formula is C15H21NO2. The second kappa shape index (κ2) is 4.47. The first-order valence-corrected chi connectivity index (χ1v) is 6.88. The molecule has 0 bridgehead atoms. The van der Waals surface area contributed by atoms with Crippen LogP contribution < -0.4 is 15.2 Å². The number of ether oxygens (including phenoxy) is 2. The predicted octanol–water partition coefficient (Wildman–Crippen LogP) is 2.32. The van der Waals surface area contributed by atoms with Crippen molar-refractivity contribution in [3.63, 3.8) is 0 Å². The molecule has 1 aromatic carbocycles. The SMILES string of the molecule is Cc1c2c(c(C(C)CCN)c3c1OCC3)OCC2. The van der Waals surface area contributed by atoms with Gasteiger partial charge in [0.15, 0.2) is 0 Å². The highest BCUT2D eigenvalue weighted by Gasteiger charge is 2.31. The average Bonchev–Trinajstić information content (AvgIpc) is 2.97. The van der Waals surface area contributed by atoms with Crippen molar-refractivity contribution < 1.29 is 9.47 Å². The minimum atomic E-state index is 0.456. The van der Waals surface area contributed by atoms with Crippen LogP contribution in [0.25, 0.3) is 0 Å². The summed E-state index contributed by atoms with van der Waals surface area (Å²) >= 11 is 0. The van der Waals surface area contributed by atoms with Crippen molar-refractivity contribution in [1.29, 1.82) is 0 Å². The Morgan fingerprint density at radius 1 is 1.11 bits per heavy atom. The molecule has 2 aliphatic heterocycles. The average molecular weight is 247 g/mol. The van der Waals surface area contributed by atoms with Gasteiger partial charge in [0.1, 0.15) is 11.5 Å². The second-order valence-electron chi connectivity index (χ2n) is 5.33. The first kappa shape index (κ1) is 11.8. The molecule has 0 aliphatic carbocycles. The van der Waals surface area contributed by atoms with Gasteiger partial charge in [-0.1, -0.05) is 6.92 Å². The third-order valence-corrected chi connectivity index (χ3v) is 4.20. The summed E-state index contributed by atoms with van der Waals surface area (Å²) in [4.78, 5) is 0. The zero-order valence-electron chi connectivity index (χ0n) is 11.2. The molecule has 1 unspecified atom stereocenters. The molecular weight excluding hydrogens is 226 g/mol. The lowest BCUT2D eigenvalue weighted by molar-refractivity contribution is 0.350. The van der Waals surface area contributed by atoms with Crippen LogP contribution in [0, 0.1) is 6.92 Å². The van der Waals surface area contributed by atoms with Gasteiger partial charge >= 0.3 is 0 Å². The summed E-state index contributed by atoms with van der Waals surface area (Å²) in [6, 6.07) is 0. The van der Waals surface area contributed by atoms with Crippen LogP contribution in [0.15, 0.2) is 0 Å². The third-order valence-electron chi connectivity index (χ3n) is 4.20. The molecule has 1 atom stereocenters. The summed E-state index contributed by atoms with van der Waals surface area (Å²) in [7, 11) is 0. The Morgan fingerprint density at radius 3 is 2.50 bits per heavy atom. The molecule has 0 saturated heterocycles. The second-order valence-corrected chi connectivity index (χ2v) is 5.33. The largest absolute Gasteiger partial charge is 0.493 e. The number of fused-ring (bicyclic) bond motifs is 2. The Labute approximate surface area is 108 Å². The van der Waals surface area contributed by atoms with Gasteiger partial charge in [-0.25, -0.2) is 0 Å². The summed E-state index contributed by atoms with van der Waals surface area (Å²) in [5, 5.41) is 0. The van der Waals surface area contributed by atoms with Gasteiger partial charge in [0.05, 0.1) is 13.2 Å². The van der Waals surface area contributed by atoms with Gasteiger partial charge in [-0.15, -0.1) is 0 Å². The Bertz CT molecular complexity index is 447. The van der Waals surface area contributed by atoms with E-state index in [9.17, 15) is 0 Å². The van der Waals surface area contributed by atoms with Crippen molar-refractivity contribution in [1.82, 2.24) is 0 Å². The van der Waals surface area contributed by atoms with Crippen molar-refractivity contribution in [2.45, 2.75) is 39.0 Å². The van der Waals surface area contributed by atoms with Crippen LogP contribution in [-0.2, 0) is 12.8 Å². The van der Waals surface area contributed by atoms with Crippen molar-refractivity contribution in [3.05, 3.63) is 22.3 Å². The van der Waals surface area contributed by atoms with Crippen molar-refractivity contribution >= 4 is 0 Å². The summed E-state index contributed by atoms with van der Waals surface area (Å²) < 4.78 is 11.7. The standard InChI is InChI=1S/C15H21NO2/c1-9(3-6-16)13-12-5-8-17-14(12)10(2)11-4-7-18-15(11)13/h9H,3-8,16H2,1-2H3. The number of hydrogen-bond donors (Lipinski definition) is 1. The summed E-state index contributed by atoms with van der Waals surface area (Å²) in [6.07, 6.45) is 3.03. The molecule has 3 heteroatoms. The molecule has 0 radical (unpaired) electrons. The molecule has 2 N–H and O–H groups in total. The van der Waals surface area contributed by atoms with Crippen molar-refractivity contribution in [2.24, 2.45) is 5.73 Å².